The van der Waals surface area contributed by atoms with E-state index in [4.69, 9.17) is 14.2 Å². The highest BCUT2D eigenvalue weighted by Gasteiger charge is 2.76. The number of piperidine rings is 1. The molecule has 6 atom stereocenters. The van der Waals surface area contributed by atoms with Crippen molar-refractivity contribution in [1.29, 1.82) is 0 Å². The quantitative estimate of drug-likeness (QED) is 0.736. The normalized spacial score (nSPS) is 43.3. The highest BCUT2D eigenvalue weighted by molar-refractivity contribution is 5.99. The molecule has 1 aromatic carbocycles. The summed E-state index contributed by atoms with van der Waals surface area (Å²) in [7, 11) is 3.36. The number of methoxy groups -OCH3 is 2. The van der Waals surface area contributed by atoms with E-state index in [0.29, 0.717) is 6.04 Å². The predicted molar refractivity (Wildman–Crippen MR) is 106 cm³/mol. The first-order valence-electron chi connectivity index (χ1n) is 11.0. The number of Topliss-reactive ketones (excluding diaryl/α,β-unsaturated/α-hetero) is 1. The van der Waals surface area contributed by atoms with Crippen molar-refractivity contribution in [3.8, 4) is 11.5 Å². The maximum absolute atomic E-state index is 13.6. The van der Waals surface area contributed by atoms with E-state index < -0.39 is 5.60 Å². The van der Waals surface area contributed by atoms with Crippen LogP contribution in [0.3, 0.4) is 0 Å². The summed E-state index contributed by atoms with van der Waals surface area (Å²) < 4.78 is 18.4. The number of benzene rings is 1. The largest absolute Gasteiger partial charge is 0.493 e. The van der Waals surface area contributed by atoms with Gasteiger partial charge in [0.1, 0.15) is 6.10 Å². The number of carbonyl (C=O) groups excluding carboxylic acids is 1. The van der Waals surface area contributed by atoms with Crippen molar-refractivity contribution in [3.63, 3.8) is 0 Å². The molecule has 0 N–H and O–H groups in total. The Morgan fingerprint density at radius 1 is 1.28 bits per heavy atom. The summed E-state index contributed by atoms with van der Waals surface area (Å²) in [5.41, 5.74) is 1.56. The molecule has 2 saturated carbocycles. The van der Waals surface area contributed by atoms with Crippen molar-refractivity contribution >= 4 is 5.78 Å². The highest BCUT2D eigenvalue weighted by atomic mass is 16.6. The summed E-state index contributed by atoms with van der Waals surface area (Å²) >= 11 is 0. The Balaban J connectivity index is 1.48. The van der Waals surface area contributed by atoms with Crippen LogP contribution < -0.4 is 9.47 Å². The van der Waals surface area contributed by atoms with Crippen molar-refractivity contribution < 1.29 is 19.0 Å². The number of hydrogen-bond acceptors (Lipinski definition) is 5. The van der Waals surface area contributed by atoms with Crippen LogP contribution in [0.2, 0.25) is 0 Å². The minimum absolute atomic E-state index is 0.0768. The molecular formula is C24H27NO4. The van der Waals surface area contributed by atoms with E-state index in [1.165, 1.54) is 30.5 Å². The second-order valence-electron chi connectivity index (χ2n) is 9.90. The number of likely N-dealkylation sites (tertiary alicyclic amines) is 1. The van der Waals surface area contributed by atoms with E-state index in [0.717, 1.165) is 36.8 Å². The van der Waals surface area contributed by atoms with Gasteiger partial charge in [-0.2, -0.15) is 0 Å². The minimum Gasteiger partial charge on any atom is -0.493 e. The van der Waals surface area contributed by atoms with Gasteiger partial charge in [-0.15, -0.1) is 0 Å². The molecule has 152 valence electrons. The van der Waals surface area contributed by atoms with Crippen molar-refractivity contribution in [2.24, 2.45) is 17.8 Å². The summed E-state index contributed by atoms with van der Waals surface area (Å²) in [4.78, 5) is 16.3. The van der Waals surface area contributed by atoms with E-state index in [1.807, 2.05) is 12.1 Å². The fourth-order valence-corrected chi connectivity index (χ4v) is 7.57. The van der Waals surface area contributed by atoms with E-state index in [9.17, 15) is 4.79 Å². The van der Waals surface area contributed by atoms with Gasteiger partial charge in [0.2, 0.25) is 0 Å². The van der Waals surface area contributed by atoms with Crippen LogP contribution in [0.25, 0.3) is 0 Å². The summed E-state index contributed by atoms with van der Waals surface area (Å²) in [5, 5.41) is 0. The fourth-order valence-electron chi connectivity index (χ4n) is 7.57. The monoisotopic (exact) mass is 393 g/mol. The van der Waals surface area contributed by atoms with Gasteiger partial charge in [-0.05, 0) is 55.9 Å². The third-order valence-corrected chi connectivity index (χ3v) is 8.86. The van der Waals surface area contributed by atoms with Gasteiger partial charge in [-0.3, -0.25) is 9.69 Å². The number of rotatable bonds is 4. The topological polar surface area (TPSA) is 48.0 Å². The van der Waals surface area contributed by atoms with Crippen LogP contribution in [0.1, 0.15) is 30.4 Å². The third-order valence-electron chi connectivity index (χ3n) is 8.86. The molecule has 1 saturated heterocycles. The van der Waals surface area contributed by atoms with Gasteiger partial charge < -0.3 is 14.2 Å². The summed E-state index contributed by atoms with van der Waals surface area (Å²) in [6.07, 6.45) is 8.59. The minimum atomic E-state index is -0.969. The van der Waals surface area contributed by atoms with Crippen LogP contribution in [0.5, 0.6) is 11.5 Å². The van der Waals surface area contributed by atoms with Crippen LogP contribution in [0, 0.1) is 17.8 Å². The third kappa shape index (κ3) is 1.76. The first-order valence-corrected chi connectivity index (χ1v) is 11.0. The Morgan fingerprint density at radius 2 is 2.14 bits per heavy atom. The summed E-state index contributed by atoms with van der Waals surface area (Å²) in [6, 6.07) is 4.67. The van der Waals surface area contributed by atoms with Crippen molar-refractivity contribution in [2.45, 2.75) is 48.8 Å². The van der Waals surface area contributed by atoms with Gasteiger partial charge in [0, 0.05) is 42.5 Å². The number of ketones is 1. The molecule has 2 aliphatic heterocycles. The molecular weight excluding hydrogens is 366 g/mol. The lowest BCUT2D eigenvalue weighted by Gasteiger charge is -2.61. The number of fused-ring (bicyclic) bond motifs is 3. The molecule has 2 heterocycles. The van der Waals surface area contributed by atoms with Crippen molar-refractivity contribution in [2.75, 3.05) is 27.3 Å². The number of hydrogen-bond donors (Lipinski definition) is 0. The SMILES string of the molecule is COc1ccc2c3c1OC1C34CCN(CC3CC3)C(C2)C4[C@@H]2C=C[C@@]1(OC)C2=O. The Bertz CT molecular complexity index is 968. The first kappa shape index (κ1) is 16.9. The van der Waals surface area contributed by atoms with E-state index in [2.05, 4.69) is 17.0 Å². The average molecular weight is 393 g/mol. The van der Waals surface area contributed by atoms with Gasteiger partial charge in [0.15, 0.2) is 22.9 Å². The van der Waals surface area contributed by atoms with Crippen molar-refractivity contribution in [3.05, 3.63) is 35.4 Å². The molecule has 5 nitrogen and oxygen atoms in total. The zero-order valence-electron chi connectivity index (χ0n) is 17.0. The van der Waals surface area contributed by atoms with Crippen LogP contribution in [0.15, 0.2) is 24.3 Å². The fraction of sp³-hybridized carbons (Fsp3) is 0.625. The number of nitrogens with zero attached hydrogens (tertiary/aromatic N) is 1. The Hall–Kier alpha value is -1.85. The van der Waals surface area contributed by atoms with E-state index in [1.54, 1.807) is 14.2 Å². The second kappa shape index (κ2) is 5.25. The predicted octanol–water partition coefficient (Wildman–Crippen LogP) is 2.50. The zero-order valence-corrected chi connectivity index (χ0v) is 17.0. The van der Waals surface area contributed by atoms with Crippen LogP contribution in [-0.2, 0) is 21.4 Å². The number of allylic oxidation sites excluding steroid dienone is 1. The summed E-state index contributed by atoms with van der Waals surface area (Å²) in [6.45, 7) is 2.26. The molecule has 5 heteroatoms. The van der Waals surface area contributed by atoms with Crippen LogP contribution in [0.4, 0.5) is 0 Å². The van der Waals surface area contributed by atoms with Gasteiger partial charge in [0.25, 0.3) is 0 Å². The summed E-state index contributed by atoms with van der Waals surface area (Å²) in [5.74, 6) is 2.87. The molecule has 0 aromatic heterocycles. The van der Waals surface area contributed by atoms with Crippen LogP contribution >= 0.6 is 0 Å². The molecule has 7 rings (SSSR count). The Morgan fingerprint density at radius 3 is 2.90 bits per heavy atom. The second-order valence-corrected chi connectivity index (χ2v) is 9.90. The molecule has 6 aliphatic rings. The van der Waals surface area contributed by atoms with Gasteiger partial charge in [-0.1, -0.05) is 12.1 Å². The number of carbonyl (C=O) groups is 1. The lowest BCUT2D eigenvalue weighted by molar-refractivity contribution is -0.176. The molecule has 0 radical (unpaired) electrons. The van der Waals surface area contributed by atoms with Gasteiger partial charge >= 0.3 is 0 Å². The molecule has 1 spiro atoms. The average Bonchev–Trinajstić information content (AvgIpc) is 3.43. The maximum Gasteiger partial charge on any atom is 0.182 e. The van der Waals surface area contributed by atoms with E-state index in [-0.39, 0.29) is 29.1 Å². The molecule has 29 heavy (non-hydrogen) atoms. The smallest absolute Gasteiger partial charge is 0.182 e. The molecule has 4 aliphatic carbocycles. The number of ether oxygens (including phenoxy) is 3. The van der Waals surface area contributed by atoms with Gasteiger partial charge in [-0.25, -0.2) is 0 Å². The van der Waals surface area contributed by atoms with Gasteiger partial charge in [0.05, 0.1) is 7.11 Å². The Labute approximate surface area is 171 Å². The first-order chi connectivity index (χ1) is 14.1. The molecule has 1 aromatic rings. The molecule has 3 fully saturated rings. The zero-order chi connectivity index (χ0) is 19.5. The van der Waals surface area contributed by atoms with Crippen molar-refractivity contribution in [1.82, 2.24) is 4.90 Å². The lowest BCUT2D eigenvalue weighted by Crippen LogP contribution is -2.73. The van der Waals surface area contributed by atoms with Crippen LogP contribution in [-0.4, -0.2) is 55.7 Å². The van der Waals surface area contributed by atoms with E-state index >= 15 is 0 Å². The molecule has 4 bridgehead atoms. The lowest BCUT2D eigenvalue weighted by atomic mass is 9.47. The molecule has 4 unspecified atom stereocenters. The Kier molecular flexibility index (Phi) is 3.06. The molecule has 0 amide bonds. The standard InChI is InChI=1S/C24H27NO4/c1-27-17-6-5-14-11-16-19-15-7-8-24(28-2,21(15)26)22-23(19,18(14)20(17)29-22)9-10-25(16)12-13-3-4-13/h5-8,13,15-16,19,22H,3-4,9-12H2,1-2H3/t15-,16?,19?,22?,23?,24+/m0/s1. The highest BCUT2D eigenvalue weighted by Crippen LogP contribution is 2.68. The maximum atomic E-state index is 13.6.